The SMILES string of the molecule is C1=Cc2sc3c4ccccc4c4c5cc(-c6ccccccc(-c7ccc8ccccc8c7)c7c6=CCCC=7)ccc5sc4c3c2CC1. The van der Waals surface area contributed by atoms with E-state index in [0.29, 0.717) is 0 Å². The molecule has 228 valence electrons. The van der Waals surface area contributed by atoms with Crippen molar-refractivity contribution in [3.05, 3.63) is 148 Å². The lowest BCUT2D eigenvalue weighted by Gasteiger charge is -2.11. The first-order valence-corrected chi connectivity index (χ1v) is 18.6. The monoisotopic (exact) mass is 648 g/mol. The molecule has 8 aromatic rings. The predicted octanol–water partition coefficient (Wildman–Crippen LogP) is 12.3. The van der Waals surface area contributed by atoms with Gasteiger partial charge in [-0.25, -0.2) is 0 Å². The van der Waals surface area contributed by atoms with Crippen molar-refractivity contribution in [3.63, 3.8) is 0 Å². The van der Waals surface area contributed by atoms with Crippen molar-refractivity contribution in [2.45, 2.75) is 25.7 Å². The molecule has 6 aromatic carbocycles. The molecular weight excluding hydrogens is 617 g/mol. The van der Waals surface area contributed by atoms with E-state index in [2.05, 4.69) is 146 Å². The van der Waals surface area contributed by atoms with Gasteiger partial charge in [0.25, 0.3) is 0 Å². The molecule has 48 heavy (non-hydrogen) atoms. The number of rotatable bonds is 2. The number of fused-ring (bicyclic) bond motifs is 12. The third-order valence-electron chi connectivity index (χ3n) is 10.2. The largest absolute Gasteiger partial charge is 0.135 e. The molecule has 2 aliphatic rings. The first kappa shape index (κ1) is 28.0. The molecule has 0 radical (unpaired) electrons. The van der Waals surface area contributed by atoms with Gasteiger partial charge in [-0.2, -0.15) is 0 Å². The molecule has 0 N–H and O–H groups in total. The van der Waals surface area contributed by atoms with Crippen molar-refractivity contribution in [1.82, 2.24) is 0 Å². The van der Waals surface area contributed by atoms with Gasteiger partial charge in [-0.3, -0.25) is 0 Å². The first-order valence-electron chi connectivity index (χ1n) is 17.0. The van der Waals surface area contributed by atoms with E-state index in [0.717, 1.165) is 25.7 Å². The zero-order valence-electron chi connectivity index (χ0n) is 26.5. The molecule has 2 aromatic heterocycles. The fourth-order valence-electron chi connectivity index (χ4n) is 7.98. The van der Waals surface area contributed by atoms with Crippen LogP contribution in [-0.4, -0.2) is 0 Å². The van der Waals surface area contributed by atoms with Crippen LogP contribution in [0.3, 0.4) is 0 Å². The van der Waals surface area contributed by atoms with Gasteiger partial charge in [0.05, 0.1) is 0 Å². The van der Waals surface area contributed by atoms with Gasteiger partial charge in [-0.15, -0.1) is 22.7 Å². The van der Waals surface area contributed by atoms with Gasteiger partial charge in [0.2, 0.25) is 0 Å². The summed E-state index contributed by atoms with van der Waals surface area (Å²) in [4.78, 5) is 1.44. The van der Waals surface area contributed by atoms with Crippen molar-refractivity contribution < 1.29 is 0 Å². The van der Waals surface area contributed by atoms with Crippen molar-refractivity contribution >= 4 is 92.7 Å². The van der Waals surface area contributed by atoms with Crippen LogP contribution in [0.4, 0.5) is 0 Å². The number of aryl methyl sites for hydroxylation is 1. The Balaban J connectivity index is 1.28. The van der Waals surface area contributed by atoms with Gasteiger partial charge < -0.3 is 0 Å². The van der Waals surface area contributed by atoms with Crippen molar-refractivity contribution in [3.8, 4) is 22.3 Å². The lowest BCUT2D eigenvalue weighted by atomic mass is 9.93. The molecule has 0 atom stereocenters. The van der Waals surface area contributed by atoms with Crippen molar-refractivity contribution in [1.29, 1.82) is 0 Å². The number of hydrogen-bond acceptors (Lipinski definition) is 2. The maximum atomic E-state index is 2.49. The van der Waals surface area contributed by atoms with Gasteiger partial charge in [0.1, 0.15) is 0 Å². The van der Waals surface area contributed by atoms with E-state index < -0.39 is 0 Å². The fourth-order valence-corrected chi connectivity index (χ4v) is 10.6. The second kappa shape index (κ2) is 11.3. The topological polar surface area (TPSA) is 0 Å². The number of benzene rings is 5. The van der Waals surface area contributed by atoms with Crippen LogP contribution in [0.1, 0.15) is 29.7 Å². The summed E-state index contributed by atoms with van der Waals surface area (Å²) in [6, 6.07) is 45.2. The number of hydrogen-bond donors (Lipinski definition) is 0. The average molecular weight is 649 g/mol. The molecule has 0 saturated heterocycles. The Kier molecular flexibility index (Phi) is 6.60. The Hall–Kier alpha value is -5.02. The first-order chi connectivity index (χ1) is 23.8. The van der Waals surface area contributed by atoms with Gasteiger partial charge in [0.15, 0.2) is 0 Å². The van der Waals surface area contributed by atoms with Crippen LogP contribution in [0.2, 0.25) is 0 Å². The van der Waals surface area contributed by atoms with Gasteiger partial charge in [-0.05, 0) is 104 Å². The van der Waals surface area contributed by atoms with E-state index in [9.17, 15) is 0 Å². The summed E-state index contributed by atoms with van der Waals surface area (Å²) in [5, 5.41) is 12.2. The van der Waals surface area contributed by atoms with Crippen molar-refractivity contribution in [2.75, 3.05) is 0 Å². The van der Waals surface area contributed by atoms with Gasteiger partial charge in [-0.1, -0.05) is 121 Å². The molecule has 0 amide bonds. The van der Waals surface area contributed by atoms with E-state index in [4.69, 9.17) is 0 Å². The Bertz CT molecular complexity index is 2840. The van der Waals surface area contributed by atoms with Crippen LogP contribution in [0.25, 0.3) is 92.3 Å². The molecule has 2 aliphatic carbocycles. The van der Waals surface area contributed by atoms with Crippen LogP contribution in [-0.2, 0) is 6.42 Å². The summed E-state index contributed by atoms with van der Waals surface area (Å²) in [6.07, 6.45) is 14.0. The summed E-state index contributed by atoms with van der Waals surface area (Å²) >= 11 is 3.96. The highest BCUT2D eigenvalue weighted by Gasteiger charge is 2.21. The summed E-state index contributed by atoms with van der Waals surface area (Å²) in [7, 11) is 0. The Labute approximate surface area is 287 Å². The lowest BCUT2D eigenvalue weighted by Crippen LogP contribution is -2.29. The van der Waals surface area contributed by atoms with Crippen molar-refractivity contribution in [2.24, 2.45) is 0 Å². The minimum absolute atomic E-state index is 1.05. The molecule has 0 fully saturated rings. The molecule has 2 heterocycles. The third-order valence-corrected chi connectivity index (χ3v) is 12.6. The number of thiophene rings is 2. The third kappa shape index (κ3) is 4.40. The van der Waals surface area contributed by atoms with Crippen LogP contribution >= 0.6 is 22.7 Å². The molecular formula is C46H32S2. The van der Waals surface area contributed by atoms with E-state index in [-0.39, 0.29) is 0 Å². The summed E-state index contributed by atoms with van der Waals surface area (Å²) in [5.41, 5.74) is 6.63. The van der Waals surface area contributed by atoms with Crippen LogP contribution in [0.15, 0.2) is 127 Å². The van der Waals surface area contributed by atoms with Crippen LogP contribution in [0, 0.1) is 0 Å². The molecule has 0 nitrogen and oxygen atoms in total. The quantitative estimate of drug-likeness (QED) is 0.175. The van der Waals surface area contributed by atoms with Crippen LogP contribution in [0.5, 0.6) is 0 Å². The lowest BCUT2D eigenvalue weighted by molar-refractivity contribution is 1.01. The highest BCUT2D eigenvalue weighted by atomic mass is 32.1. The average Bonchev–Trinajstić information content (AvgIpc) is 3.72. The number of allylic oxidation sites excluding steroid dienone is 1. The van der Waals surface area contributed by atoms with Gasteiger partial charge >= 0.3 is 0 Å². The van der Waals surface area contributed by atoms with E-state index in [1.54, 1.807) is 5.56 Å². The van der Waals surface area contributed by atoms with Crippen LogP contribution < -0.4 is 10.4 Å². The minimum Gasteiger partial charge on any atom is -0.135 e. The normalized spacial score (nSPS) is 13.8. The molecule has 0 bridgehead atoms. The Morgan fingerprint density at radius 2 is 1.17 bits per heavy atom. The van der Waals surface area contributed by atoms with Gasteiger partial charge in [0, 0.05) is 40.5 Å². The minimum atomic E-state index is 1.05. The second-order valence-corrected chi connectivity index (χ2v) is 15.1. The van der Waals surface area contributed by atoms with E-state index in [1.165, 1.54) is 89.4 Å². The maximum absolute atomic E-state index is 2.49. The highest BCUT2D eigenvalue weighted by molar-refractivity contribution is 7.28. The molecule has 0 spiro atoms. The van der Waals surface area contributed by atoms with E-state index in [1.807, 2.05) is 22.7 Å². The molecule has 10 rings (SSSR count). The Morgan fingerprint density at radius 1 is 0.479 bits per heavy atom. The highest BCUT2D eigenvalue weighted by Crippen LogP contribution is 2.49. The Morgan fingerprint density at radius 3 is 1.98 bits per heavy atom. The summed E-state index contributed by atoms with van der Waals surface area (Å²) in [6.45, 7) is 0. The smallest absolute Gasteiger partial charge is 0.0451 e. The summed E-state index contributed by atoms with van der Waals surface area (Å²) < 4.78 is 4.26. The fraction of sp³-hybridized carbons (Fsp3) is 0.0870. The van der Waals surface area contributed by atoms with E-state index >= 15 is 0 Å². The predicted molar refractivity (Wildman–Crippen MR) is 213 cm³/mol. The maximum Gasteiger partial charge on any atom is 0.0451 e. The molecule has 0 aliphatic heterocycles. The standard InChI is InChI=1S/C46H32S2/c1-2-4-16-34(36-18-8-7-17-35(36)33(15-3-1)31-24-23-29-13-5-6-14-30(29)27-31)32-25-26-42-40(28-32)43-37-19-9-10-20-38(37)45-44(46(43)48-42)39-21-11-12-22-41(39)47-45/h1-6,9-10,12-20,22-28H,7-8,11,21H2. The second-order valence-electron chi connectivity index (χ2n) is 13.0. The molecule has 2 heteroatoms. The summed E-state index contributed by atoms with van der Waals surface area (Å²) in [5.74, 6) is 0. The molecule has 0 saturated carbocycles. The molecule has 0 unspecified atom stereocenters. The zero-order chi connectivity index (χ0) is 31.6. The zero-order valence-corrected chi connectivity index (χ0v) is 28.1.